The molecule has 4 fully saturated rings. The first-order chi connectivity index (χ1) is 5.58. The zero-order chi connectivity index (χ0) is 8.35. The lowest BCUT2D eigenvalue weighted by Crippen LogP contribution is -2.24. The Balaban J connectivity index is 1.87. The highest BCUT2D eigenvalue weighted by atomic mass is 15.0. The second-order valence-electron chi connectivity index (χ2n) is 6.52. The average molecular weight is 162 g/mol. The molecule has 4 unspecified atom stereocenters. The minimum Gasteiger partial charge on any atom is -0.0616 e. The molecular weight excluding hydrogens is 144 g/mol. The molecule has 4 aliphatic rings. The molecule has 0 heteroatoms. The first-order valence-electron chi connectivity index (χ1n) is 5.58. The summed E-state index contributed by atoms with van der Waals surface area (Å²) >= 11 is 0. The van der Waals surface area contributed by atoms with E-state index in [1.54, 1.807) is 19.3 Å². The Labute approximate surface area is 74.7 Å². The second kappa shape index (κ2) is 1.22. The Morgan fingerprint density at radius 2 is 1.83 bits per heavy atom. The Hall–Kier alpha value is 0. The second-order valence-corrected chi connectivity index (χ2v) is 6.52. The van der Waals surface area contributed by atoms with Crippen LogP contribution in [0.3, 0.4) is 0 Å². The van der Waals surface area contributed by atoms with E-state index in [0.717, 1.165) is 16.7 Å². The quantitative estimate of drug-likeness (QED) is 0.513. The minimum absolute atomic E-state index is 0.707. The molecule has 66 valence electrons. The molecule has 12 heavy (non-hydrogen) atoms. The molecular formula is C12H18. The predicted octanol–water partition coefficient (Wildman–Crippen LogP) is 3.08. The first kappa shape index (κ1) is 6.45. The lowest BCUT2D eigenvalue weighted by molar-refractivity contribution is 0.175. The molecule has 0 aromatic rings. The maximum Gasteiger partial charge on any atom is -0.0142 e. The van der Waals surface area contributed by atoms with Gasteiger partial charge in [0.1, 0.15) is 0 Å². The van der Waals surface area contributed by atoms with Gasteiger partial charge in [-0.25, -0.2) is 0 Å². The molecule has 0 heterocycles. The van der Waals surface area contributed by atoms with Gasteiger partial charge in [-0.1, -0.05) is 20.8 Å². The SMILES string of the molecule is CC1C2C3CC(C)(C)C4(CC4)C132. The van der Waals surface area contributed by atoms with E-state index >= 15 is 0 Å². The van der Waals surface area contributed by atoms with Gasteiger partial charge < -0.3 is 0 Å². The van der Waals surface area contributed by atoms with Crippen LogP contribution in [0.1, 0.15) is 40.0 Å². The van der Waals surface area contributed by atoms with Gasteiger partial charge in [-0.15, -0.1) is 0 Å². The molecule has 0 aliphatic heterocycles. The van der Waals surface area contributed by atoms with Crippen molar-refractivity contribution in [2.45, 2.75) is 40.0 Å². The highest BCUT2D eigenvalue weighted by molar-refractivity contribution is 5.44. The zero-order valence-electron chi connectivity index (χ0n) is 8.35. The van der Waals surface area contributed by atoms with Gasteiger partial charge in [0.2, 0.25) is 0 Å². The summed E-state index contributed by atoms with van der Waals surface area (Å²) in [6, 6.07) is 0. The van der Waals surface area contributed by atoms with Crippen molar-refractivity contribution < 1.29 is 0 Å². The van der Waals surface area contributed by atoms with Crippen molar-refractivity contribution in [3.63, 3.8) is 0 Å². The molecule has 0 amide bonds. The van der Waals surface area contributed by atoms with Crippen molar-refractivity contribution in [2.24, 2.45) is 34.0 Å². The van der Waals surface area contributed by atoms with Crippen molar-refractivity contribution in [3.05, 3.63) is 0 Å². The van der Waals surface area contributed by atoms with Crippen LogP contribution in [0.25, 0.3) is 0 Å². The Kier molecular flexibility index (Phi) is 0.657. The summed E-state index contributed by atoms with van der Waals surface area (Å²) in [6.45, 7) is 7.56. The van der Waals surface area contributed by atoms with Crippen LogP contribution in [0.2, 0.25) is 0 Å². The molecule has 4 atom stereocenters. The standard InChI is InChI=1S/C12H18/c1-7-9-8-6-10(2,3)11(4-5-11)12(7,8)9/h7-9H,4-6H2,1-3H3. The average Bonchev–Trinajstić information content (AvgIpc) is 2.78. The van der Waals surface area contributed by atoms with E-state index in [1.807, 2.05) is 0 Å². The van der Waals surface area contributed by atoms with Crippen molar-refractivity contribution in [3.8, 4) is 0 Å². The van der Waals surface area contributed by atoms with Crippen LogP contribution in [0, 0.1) is 34.0 Å². The van der Waals surface area contributed by atoms with Crippen LogP contribution >= 0.6 is 0 Å². The van der Waals surface area contributed by atoms with Gasteiger partial charge in [-0.05, 0) is 53.3 Å². The van der Waals surface area contributed by atoms with Crippen LogP contribution < -0.4 is 0 Å². The first-order valence-corrected chi connectivity index (χ1v) is 5.58. The molecule has 4 aliphatic carbocycles. The smallest absolute Gasteiger partial charge is 0.0142 e. The topological polar surface area (TPSA) is 0 Å². The van der Waals surface area contributed by atoms with E-state index in [0.29, 0.717) is 5.41 Å². The molecule has 0 N–H and O–H groups in total. The van der Waals surface area contributed by atoms with Crippen molar-refractivity contribution in [1.29, 1.82) is 0 Å². The predicted molar refractivity (Wildman–Crippen MR) is 48.6 cm³/mol. The van der Waals surface area contributed by atoms with E-state index in [2.05, 4.69) is 20.8 Å². The fraction of sp³-hybridized carbons (Fsp3) is 1.00. The van der Waals surface area contributed by atoms with Crippen molar-refractivity contribution in [2.75, 3.05) is 0 Å². The third-order valence-electron chi connectivity index (χ3n) is 6.28. The maximum atomic E-state index is 2.53. The van der Waals surface area contributed by atoms with Crippen molar-refractivity contribution >= 4 is 0 Å². The third-order valence-corrected chi connectivity index (χ3v) is 6.28. The van der Waals surface area contributed by atoms with E-state index < -0.39 is 0 Å². The number of hydrogen-bond acceptors (Lipinski definition) is 0. The molecule has 0 nitrogen and oxygen atoms in total. The zero-order valence-corrected chi connectivity index (χ0v) is 8.35. The molecule has 0 aromatic carbocycles. The van der Waals surface area contributed by atoms with Gasteiger partial charge in [0, 0.05) is 0 Å². The summed E-state index contributed by atoms with van der Waals surface area (Å²) in [5, 5.41) is 0. The van der Waals surface area contributed by atoms with E-state index in [1.165, 1.54) is 11.8 Å². The summed E-state index contributed by atoms with van der Waals surface area (Å²) in [4.78, 5) is 0. The summed E-state index contributed by atoms with van der Waals surface area (Å²) in [5.74, 6) is 3.50. The molecule has 0 radical (unpaired) electrons. The van der Waals surface area contributed by atoms with Gasteiger partial charge in [0.05, 0.1) is 0 Å². The van der Waals surface area contributed by atoms with Crippen LogP contribution in [-0.2, 0) is 0 Å². The maximum absolute atomic E-state index is 2.53. The highest BCUT2D eigenvalue weighted by Gasteiger charge is 2.97. The lowest BCUT2D eigenvalue weighted by Gasteiger charge is -2.30. The summed E-state index contributed by atoms with van der Waals surface area (Å²) in [5.41, 5.74) is 2.49. The van der Waals surface area contributed by atoms with E-state index in [4.69, 9.17) is 0 Å². The molecule has 0 saturated heterocycles. The van der Waals surface area contributed by atoms with Gasteiger partial charge in [0.25, 0.3) is 0 Å². The minimum atomic E-state index is 0.707. The Bertz CT molecular complexity index is 284. The monoisotopic (exact) mass is 162 g/mol. The Morgan fingerprint density at radius 3 is 2.25 bits per heavy atom. The molecule has 0 bridgehead atoms. The fourth-order valence-electron chi connectivity index (χ4n) is 5.67. The molecule has 4 rings (SSSR count). The number of hydrogen-bond donors (Lipinski definition) is 0. The lowest BCUT2D eigenvalue weighted by atomic mass is 9.74. The van der Waals surface area contributed by atoms with E-state index in [-0.39, 0.29) is 0 Å². The normalized spacial score (nSPS) is 65.8. The van der Waals surface area contributed by atoms with E-state index in [9.17, 15) is 0 Å². The van der Waals surface area contributed by atoms with Gasteiger partial charge in [0.15, 0.2) is 0 Å². The number of rotatable bonds is 0. The Morgan fingerprint density at radius 1 is 1.17 bits per heavy atom. The summed E-state index contributed by atoms with van der Waals surface area (Å²) in [6.07, 6.45) is 4.69. The van der Waals surface area contributed by atoms with Crippen molar-refractivity contribution in [1.82, 2.24) is 0 Å². The summed E-state index contributed by atoms with van der Waals surface area (Å²) < 4.78 is 0. The van der Waals surface area contributed by atoms with Crippen LogP contribution in [0.5, 0.6) is 0 Å². The van der Waals surface area contributed by atoms with Crippen LogP contribution in [-0.4, -0.2) is 0 Å². The fourth-order valence-corrected chi connectivity index (χ4v) is 5.67. The largest absolute Gasteiger partial charge is 0.0616 e. The van der Waals surface area contributed by atoms with Crippen LogP contribution in [0.4, 0.5) is 0 Å². The van der Waals surface area contributed by atoms with Crippen LogP contribution in [0.15, 0.2) is 0 Å². The molecule has 2 spiro atoms. The highest BCUT2D eigenvalue weighted by Crippen LogP contribution is 3.02. The molecule has 4 saturated carbocycles. The summed E-state index contributed by atoms with van der Waals surface area (Å²) in [7, 11) is 0. The van der Waals surface area contributed by atoms with Gasteiger partial charge in [-0.3, -0.25) is 0 Å². The van der Waals surface area contributed by atoms with Gasteiger partial charge in [-0.2, -0.15) is 0 Å². The third kappa shape index (κ3) is 0.324. The number of fused-ring (bicyclic) bond motifs is 1. The molecule has 0 aromatic heterocycles. The van der Waals surface area contributed by atoms with Gasteiger partial charge >= 0.3 is 0 Å².